The maximum absolute atomic E-state index is 6.07. The summed E-state index contributed by atoms with van der Waals surface area (Å²) in [6, 6.07) is 1.76. The summed E-state index contributed by atoms with van der Waals surface area (Å²) in [5.41, 5.74) is 0.909. The Morgan fingerprint density at radius 3 is 2.53 bits per heavy atom. The third-order valence-corrected chi connectivity index (χ3v) is 2.56. The number of rotatable bonds is 4. The van der Waals surface area contributed by atoms with Gasteiger partial charge in [0.1, 0.15) is 5.82 Å². The van der Waals surface area contributed by atoms with Gasteiger partial charge < -0.3 is 5.32 Å². The van der Waals surface area contributed by atoms with Crippen LogP contribution < -0.4 is 5.32 Å². The summed E-state index contributed by atoms with van der Waals surface area (Å²) in [6.45, 7) is 7.09. The molecule has 0 saturated carbocycles. The average Bonchev–Trinajstić information content (AvgIpc) is 2.12. The van der Waals surface area contributed by atoms with Gasteiger partial charge in [0.2, 0.25) is 0 Å². The molecular weight excluding hydrogens is 231 g/mol. The minimum absolute atomic E-state index is 0.533. The van der Waals surface area contributed by atoms with Crippen molar-refractivity contribution in [1.29, 1.82) is 0 Å². The molecule has 0 bridgehead atoms. The Hall–Kier alpha value is -0.470. The van der Waals surface area contributed by atoms with Crippen LogP contribution in [0, 0.1) is 5.92 Å². The summed E-state index contributed by atoms with van der Waals surface area (Å²) >= 11 is 12.1. The van der Waals surface area contributed by atoms with E-state index in [4.69, 9.17) is 23.2 Å². The lowest BCUT2D eigenvalue weighted by Crippen LogP contribution is -2.05. The van der Waals surface area contributed by atoms with Crippen LogP contribution in [0.1, 0.15) is 26.5 Å². The Morgan fingerprint density at radius 2 is 2.00 bits per heavy atom. The largest absolute Gasteiger partial charge is 0.369 e. The van der Waals surface area contributed by atoms with Gasteiger partial charge in [-0.1, -0.05) is 37.0 Å². The van der Waals surface area contributed by atoms with Crippen molar-refractivity contribution in [2.24, 2.45) is 5.92 Å². The quantitative estimate of drug-likeness (QED) is 0.869. The molecular formula is C11H16Cl2N2. The highest BCUT2D eigenvalue weighted by atomic mass is 35.5. The van der Waals surface area contributed by atoms with E-state index < -0.39 is 0 Å². The minimum atomic E-state index is 0.533. The second kappa shape index (κ2) is 5.57. The molecule has 1 N–H and O–H groups in total. The summed E-state index contributed by atoms with van der Waals surface area (Å²) in [5, 5.41) is 4.34. The van der Waals surface area contributed by atoms with E-state index in [-0.39, 0.29) is 0 Å². The van der Waals surface area contributed by atoms with Gasteiger partial charge in [-0.3, -0.25) is 0 Å². The van der Waals surface area contributed by atoms with Gasteiger partial charge in [0, 0.05) is 6.54 Å². The van der Waals surface area contributed by atoms with Gasteiger partial charge in [-0.2, -0.15) is 0 Å². The summed E-state index contributed by atoms with van der Waals surface area (Å²) in [4.78, 5) is 4.43. The number of halogens is 2. The number of pyridine rings is 1. The Balaban J connectivity index is 3.00. The van der Waals surface area contributed by atoms with Crippen LogP contribution in [-0.2, 0) is 6.42 Å². The van der Waals surface area contributed by atoms with Gasteiger partial charge in [-0.25, -0.2) is 4.98 Å². The summed E-state index contributed by atoms with van der Waals surface area (Å²) < 4.78 is 0. The summed E-state index contributed by atoms with van der Waals surface area (Å²) in [5.74, 6) is 1.25. The number of aromatic nitrogens is 1. The smallest absolute Gasteiger partial charge is 0.145 e. The minimum Gasteiger partial charge on any atom is -0.369 e. The van der Waals surface area contributed by atoms with Crippen LogP contribution in [0.3, 0.4) is 0 Å². The zero-order valence-electron chi connectivity index (χ0n) is 9.27. The van der Waals surface area contributed by atoms with Crippen LogP contribution in [-0.4, -0.2) is 11.5 Å². The maximum Gasteiger partial charge on any atom is 0.145 e. The first-order chi connectivity index (χ1) is 7.04. The first kappa shape index (κ1) is 12.6. The molecule has 0 aliphatic rings. The molecule has 2 nitrogen and oxygen atoms in total. The van der Waals surface area contributed by atoms with Crippen molar-refractivity contribution in [3.05, 3.63) is 21.8 Å². The highest BCUT2D eigenvalue weighted by Crippen LogP contribution is 2.27. The zero-order valence-corrected chi connectivity index (χ0v) is 10.8. The van der Waals surface area contributed by atoms with Crippen LogP contribution >= 0.6 is 23.2 Å². The average molecular weight is 247 g/mol. The van der Waals surface area contributed by atoms with Crippen LogP contribution in [0.4, 0.5) is 5.82 Å². The third-order valence-electron chi connectivity index (χ3n) is 1.95. The molecule has 0 aliphatic carbocycles. The Labute approximate surface area is 101 Å². The molecule has 0 spiro atoms. The van der Waals surface area contributed by atoms with Crippen LogP contribution in [0.2, 0.25) is 10.0 Å². The molecule has 1 heterocycles. The molecule has 15 heavy (non-hydrogen) atoms. The summed E-state index contributed by atoms with van der Waals surface area (Å²) in [6.07, 6.45) is 0.869. The monoisotopic (exact) mass is 246 g/mol. The molecule has 4 heteroatoms. The Morgan fingerprint density at radius 1 is 1.33 bits per heavy atom. The molecule has 1 aromatic heterocycles. The molecule has 0 amide bonds. The van der Waals surface area contributed by atoms with Gasteiger partial charge >= 0.3 is 0 Å². The fourth-order valence-corrected chi connectivity index (χ4v) is 1.83. The summed E-state index contributed by atoms with van der Waals surface area (Å²) in [7, 11) is 0. The van der Waals surface area contributed by atoms with Crippen molar-refractivity contribution < 1.29 is 0 Å². The van der Waals surface area contributed by atoms with Crippen molar-refractivity contribution >= 4 is 29.0 Å². The van der Waals surface area contributed by atoms with E-state index in [2.05, 4.69) is 24.1 Å². The molecule has 84 valence electrons. The fourth-order valence-electron chi connectivity index (χ4n) is 1.33. The molecule has 0 fully saturated rings. The van der Waals surface area contributed by atoms with Crippen molar-refractivity contribution in [2.75, 3.05) is 11.9 Å². The molecule has 1 rings (SSSR count). The number of nitrogens with zero attached hydrogens (tertiary/aromatic N) is 1. The van der Waals surface area contributed by atoms with E-state index in [9.17, 15) is 0 Å². The second-order valence-corrected chi connectivity index (χ2v) is 4.69. The van der Waals surface area contributed by atoms with Gasteiger partial charge in [0.15, 0.2) is 0 Å². The lowest BCUT2D eigenvalue weighted by molar-refractivity contribution is 0.636. The molecule has 0 unspecified atom stereocenters. The zero-order chi connectivity index (χ0) is 11.4. The third kappa shape index (κ3) is 3.54. The Bertz CT molecular complexity index is 338. The van der Waals surface area contributed by atoms with Crippen LogP contribution in [0.5, 0.6) is 0 Å². The van der Waals surface area contributed by atoms with E-state index in [1.807, 2.05) is 6.92 Å². The first-order valence-corrected chi connectivity index (χ1v) is 5.89. The normalized spacial score (nSPS) is 10.8. The second-order valence-electron chi connectivity index (χ2n) is 3.88. The maximum atomic E-state index is 6.07. The lowest BCUT2D eigenvalue weighted by atomic mass is 10.1. The molecule has 0 radical (unpaired) electrons. The fraction of sp³-hybridized carbons (Fsp3) is 0.545. The van der Waals surface area contributed by atoms with Gasteiger partial charge in [0.05, 0.1) is 15.7 Å². The van der Waals surface area contributed by atoms with E-state index in [1.165, 1.54) is 0 Å². The van der Waals surface area contributed by atoms with Crippen molar-refractivity contribution in [1.82, 2.24) is 4.98 Å². The lowest BCUT2D eigenvalue weighted by Gasteiger charge is -2.11. The number of nitrogens with one attached hydrogen (secondary N) is 1. The van der Waals surface area contributed by atoms with Crippen molar-refractivity contribution in [3.8, 4) is 0 Å². The Kier molecular flexibility index (Phi) is 4.68. The van der Waals surface area contributed by atoms with Crippen LogP contribution in [0.25, 0.3) is 0 Å². The van der Waals surface area contributed by atoms with Crippen molar-refractivity contribution in [3.63, 3.8) is 0 Å². The number of hydrogen-bond donors (Lipinski definition) is 1. The molecule has 0 saturated heterocycles. The first-order valence-electron chi connectivity index (χ1n) is 5.13. The van der Waals surface area contributed by atoms with E-state index in [0.29, 0.717) is 16.0 Å². The number of anilines is 1. The van der Waals surface area contributed by atoms with E-state index in [0.717, 1.165) is 24.5 Å². The predicted molar refractivity (Wildman–Crippen MR) is 67.0 cm³/mol. The predicted octanol–water partition coefficient (Wildman–Crippen LogP) is 4.02. The van der Waals surface area contributed by atoms with Crippen LogP contribution in [0.15, 0.2) is 6.07 Å². The molecule has 0 aromatic carbocycles. The standard InChI is InChI=1S/C11H16Cl2N2/c1-4-14-11-9(13)6-8(12)10(15-11)5-7(2)3/h6-7H,4-5H2,1-3H3,(H,14,15). The van der Waals surface area contributed by atoms with Crippen molar-refractivity contribution in [2.45, 2.75) is 27.2 Å². The topological polar surface area (TPSA) is 24.9 Å². The van der Waals surface area contributed by atoms with E-state index >= 15 is 0 Å². The molecule has 0 atom stereocenters. The number of hydrogen-bond acceptors (Lipinski definition) is 2. The molecule has 0 aliphatic heterocycles. The van der Waals surface area contributed by atoms with Gasteiger partial charge in [-0.15, -0.1) is 0 Å². The SMILES string of the molecule is CCNc1nc(CC(C)C)c(Cl)cc1Cl. The highest BCUT2D eigenvalue weighted by molar-refractivity contribution is 6.36. The van der Waals surface area contributed by atoms with Gasteiger partial charge in [0.25, 0.3) is 0 Å². The highest BCUT2D eigenvalue weighted by Gasteiger charge is 2.09. The molecule has 1 aromatic rings. The van der Waals surface area contributed by atoms with E-state index in [1.54, 1.807) is 6.07 Å². The van der Waals surface area contributed by atoms with Gasteiger partial charge in [-0.05, 0) is 25.3 Å².